The first-order chi connectivity index (χ1) is 6.13. The number of aryl methyl sites for hydroxylation is 1. The molecule has 1 aromatic heterocycles. The van der Waals surface area contributed by atoms with Crippen LogP contribution in [0.15, 0.2) is 5.16 Å². The molecule has 6 nitrogen and oxygen atoms in total. The summed E-state index contributed by atoms with van der Waals surface area (Å²) in [7, 11) is 3.14. The fraction of sp³-hybridized carbons (Fsp3) is 0.500. The predicted octanol–water partition coefficient (Wildman–Crippen LogP) is 0.000400. The van der Waals surface area contributed by atoms with Gasteiger partial charge in [-0.25, -0.2) is 4.68 Å². The minimum atomic E-state index is -0.882. The molecule has 0 radical (unpaired) electrons. The Bertz CT molecular complexity index is 312. The average Bonchev–Trinajstić information content (AvgIpc) is 2.43. The first-order valence-electron chi connectivity index (χ1n) is 3.43. The molecule has 0 aromatic carbocycles. The molecule has 0 saturated heterocycles. The van der Waals surface area contributed by atoms with Gasteiger partial charge in [0.1, 0.15) is 0 Å². The number of methoxy groups -OCH3 is 1. The average molecular weight is 203 g/mol. The van der Waals surface area contributed by atoms with Gasteiger partial charge in [-0.05, 0) is 0 Å². The second-order valence-electron chi connectivity index (χ2n) is 2.19. The molecule has 0 unspecified atom stereocenters. The summed E-state index contributed by atoms with van der Waals surface area (Å²) in [5.41, 5.74) is 0. The Balaban J connectivity index is 2.65. The SMILES string of the molecule is COc1nc(SCC(=O)O)n(C)n1. The number of hydrogen-bond donors (Lipinski definition) is 1. The summed E-state index contributed by atoms with van der Waals surface area (Å²) >= 11 is 1.10. The number of aromatic nitrogens is 3. The number of rotatable bonds is 4. The van der Waals surface area contributed by atoms with Crippen molar-refractivity contribution in [2.45, 2.75) is 5.16 Å². The predicted molar refractivity (Wildman–Crippen MR) is 45.9 cm³/mol. The van der Waals surface area contributed by atoms with E-state index in [0.717, 1.165) is 11.8 Å². The van der Waals surface area contributed by atoms with Gasteiger partial charge < -0.3 is 9.84 Å². The number of ether oxygens (including phenoxy) is 1. The smallest absolute Gasteiger partial charge is 0.336 e. The summed E-state index contributed by atoms with van der Waals surface area (Å²) in [4.78, 5) is 14.2. The molecule has 72 valence electrons. The van der Waals surface area contributed by atoms with Crippen LogP contribution in [0.3, 0.4) is 0 Å². The van der Waals surface area contributed by atoms with Crippen LogP contribution in [0.1, 0.15) is 0 Å². The highest BCUT2D eigenvalue weighted by molar-refractivity contribution is 7.99. The highest BCUT2D eigenvalue weighted by Gasteiger charge is 2.09. The molecule has 0 aliphatic rings. The van der Waals surface area contributed by atoms with E-state index in [9.17, 15) is 4.79 Å². The molecule has 7 heteroatoms. The number of thioether (sulfide) groups is 1. The molecule has 0 bridgehead atoms. The second-order valence-corrected chi connectivity index (χ2v) is 3.13. The molecule has 0 saturated carbocycles. The maximum atomic E-state index is 10.3. The van der Waals surface area contributed by atoms with E-state index in [1.54, 1.807) is 7.05 Å². The van der Waals surface area contributed by atoms with Crippen LogP contribution in [-0.2, 0) is 11.8 Å². The van der Waals surface area contributed by atoms with E-state index < -0.39 is 5.97 Å². The topological polar surface area (TPSA) is 77.2 Å². The number of hydrogen-bond acceptors (Lipinski definition) is 5. The molecule has 0 atom stereocenters. The Labute approximate surface area is 78.9 Å². The molecule has 0 spiro atoms. The monoisotopic (exact) mass is 203 g/mol. The van der Waals surface area contributed by atoms with Crippen molar-refractivity contribution in [1.82, 2.24) is 14.8 Å². The van der Waals surface area contributed by atoms with Crippen LogP contribution in [0.25, 0.3) is 0 Å². The first kappa shape index (κ1) is 9.85. The van der Waals surface area contributed by atoms with E-state index in [1.165, 1.54) is 11.8 Å². The van der Waals surface area contributed by atoms with Crippen molar-refractivity contribution in [2.75, 3.05) is 12.9 Å². The lowest BCUT2D eigenvalue weighted by Gasteiger charge is -1.94. The van der Waals surface area contributed by atoms with Crippen LogP contribution in [0.4, 0.5) is 0 Å². The second kappa shape index (κ2) is 4.13. The molecular weight excluding hydrogens is 194 g/mol. The largest absolute Gasteiger partial charge is 0.481 e. The maximum absolute atomic E-state index is 10.3. The van der Waals surface area contributed by atoms with E-state index in [-0.39, 0.29) is 11.8 Å². The molecule has 0 aliphatic carbocycles. The third-order valence-corrected chi connectivity index (χ3v) is 2.22. The zero-order valence-corrected chi connectivity index (χ0v) is 8.04. The van der Waals surface area contributed by atoms with Crippen LogP contribution in [0.5, 0.6) is 6.01 Å². The molecular formula is C6H9N3O3S. The van der Waals surface area contributed by atoms with Crippen LogP contribution in [-0.4, -0.2) is 38.7 Å². The molecule has 1 rings (SSSR count). The van der Waals surface area contributed by atoms with Crippen LogP contribution >= 0.6 is 11.8 Å². The lowest BCUT2D eigenvalue weighted by Crippen LogP contribution is -2.00. The first-order valence-corrected chi connectivity index (χ1v) is 4.41. The third-order valence-electron chi connectivity index (χ3n) is 1.21. The van der Waals surface area contributed by atoms with Crippen molar-refractivity contribution in [2.24, 2.45) is 7.05 Å². The molecule has 1 N–H and O–H groups in total. The zero-order chi connectivity index (χ0) is 9.84. The quantitative estimate of drug-likeness (QED) is 0.694. The van der Waals surface area contributed by atoms with Crippen LogP contribution < -0.4 is 4.74 Å². The summed E-state index contributed by atoms with van der Waals surface area (Å²) in [5.74, 6) is -0.914. The van der Waals surface area contributed by atoms with E-state index in [1.807, 2.05) is 0 Å². The van der Waals surface area contributed by atoms with Gasteiger partial charge in [-0.1, -0.05) is 11.8 Å². The lowest BCUT2D eigenvalue weighted by atomic mass is 10.8. The summed E-state index contributed by atoms with van der Waals surface area (Å²) in [6.45, 7) is 0. The van der Waals surface area contributed by atoms with Gasteiger partial charge in [-0.2, -0.15) is 4.98 Å². The summed E-state index contributed by atoms with van der Waals surface area (Å²) in [6, 6.07) is 0.246. The number of carboxylic acids is 1. The molecule has 0 aliphatic heterocycles. The Hall–Kier alpha value is -1.24. The standard InChI is InChI=1S/C6H9N3O3S/c1-9-6(13-3-4(10)11)7-5(8-9)12-2/h3H2,1-2H3,(H,10,11). The summed E-state index contributed by atoms with van der Waals surface area (Å²) in [6.07, 6.45) is 0. The lowest BCUT2D eigenvalue weighted by molar-refractivity contribution is -0.133. The van der Waals surface area contributed by atoms with E-state index in [0.29, 0.717) is 5.16 Å². The highest BCUT2D eigenvalue weighted by atomic mass is 32.2. The van der Waals surface area contributed by atoms with Gasteiger partial charge in [-0.3, -0.25) is 4.79 Å². The van der Waals surface area contributed by atoms with Gasteiger partial charge in [0, 0.05) is 7.05 Å². The van der Waals surface area contributed by atoms with Crippen molar-refractivity contribution in [1.29, 1.82) is 0 Å². The van der Waals surface area contributed by atoms with E-state index in [2.05, 4.69) is 10.1 Å². The minimum absolute atomic E-state index is 0.0321. The van der Waals surface area contributed by atoms with Gasteiger partial charge in [-0.15, -0.1) is 5.10 Å². The van der Waals surface area contributed by atoms with Gasteiger partial charge >= 0.3 is 12.0 Å². The van der Waals surface area contributed by atoms with Crippen molar-refractivity contribution < 1.29 is 14.6 Å². The molecule has 1 aromatic rings. The third kappa shape index (κ3) is 2.62. The van der Waals surface area contributed by atoms with Crippen molar-refractivity contribution in [3.05, 3.63) is 0 Å². The summed E-state index contributed by atoms with van der Waals surface area (Å²) < 4.78 is 6.26. The Morgan fingerprint density at radius 3 is 2.92 bits per heavy atom. The minimum Gasteiger partial charge on any atom is -0.481 e. The Kier molecular flexibility index (Phi) is 3.13. The number of carbonyl (C=O) groups is 1. The van der Waals surface area contributed by atoms with Crippen LogP contribution in [0.2, 0.25) is 0 Å². The zero-order valence-electron chi connectivity index (χ0n) is 7.22. The summed E-state index contributed by atoms with van der Waals surface area (Å²) in [5, 5.41) is 12.8. The number of carboxylic acid groups (broad SMARTS) is 1. The highest BCUT2D eigenvalue weighted by Crippen LogP contribution is 2.16. The van der Waals surface area contributed by atoms with Crippen molar-refractivity contribution >= 4 is 17.7 Å². The van der Waals surface area contributed by atoms with Crippen LogP contribution in [0, 0.1) is 0 Å². The molecule has 13 heavy (non-hydrogen) atoms. The fourth-order valence-electron chi connectivity index (χ4n) is 0.686. The molecule has 1 heterocycles. The normalized spacial score (nSPS) is 10.0. The van der Waals surface area contributed by atoms with Gasteiger partial charge in [0.05, 0.1) is 12.9 Å². The van der Waals surface area contributed by atoms with E-state index >= 15 is 0 Å². The number of aliphatic carboxylic acids is 1. The Morgan fingerprint density at radius 1 is 1.77 bits per heavy atom. The van der Waals surface area contributed by atoms with Gasteiger partial charge in [0.2, 0.25) is 0 Å². The number of nitrogens with zero attached hydrogens (tertiary/aromatic N) is 3. The van der Waals surface area contributed by atoms with Crippen molar-refractivity contribution in [3.63, 3.8) is 0 Å². The fourth-order valence-corrected chi connectivity index (χ4v) is 1.31. The maximum Gasteiger partial charge on any atom is 0.336 e. The Morgan fingerprint density at radius 2 is 2.46 bits per heavy atom. The molecule has 0 fully saturated rings. The molecule has 0 amide bonds. The van der Waals surface area contributed by atoms with Gasteiger partial charge in [0.15, 0.2) is 5.16 Å². The van der Waals surface area contributed by atoms with E-state index in [4.69, 9.17) is 9.84 Å². The van der Waals surface area contributed by atoms with Gasteiger partial charge in [0.25, 0.3) is 0 Å². The van der Waals surface area contributed by atoms with Crippen molar-refractivity contribution in [3.8, 4) is 6.01 Å².